The number of hydrogen-bond donors (Lipinski definition) is 2. The summed E-state index contributed by atoms with van der Waals surface area (Å²) in [6.45, 7) is 0.720. The molecule has 12 nitrogen and oxygen atoms in total. The van der Waals surface area contributed by atoms with E-state index in [1.54, 1.807) is 42.5 Å². The van der Waals surface area contributed by atoms with Gasteiger partial charge in [0.05, 0.1) is 17.9 Å². The average molecular weight is 702 g/mol. The van der Waals surface area contributed by atoms with Gasteiger partial charge in [0, 0.05) is 17.6 Å². The van der Waals surface area contributed by atoms with Crippen molar-refractivity contribution in [3.8, 4) is 11.5 Å². The summed E-state index contributed by atoms with van der Waals surface area (Å²) in [6, 6.07) is 11.8. The predicted octanol–water partition coefficient (Wildman–Crippen LogP) is 5.31. The second-order valence-electron chi connectivity index (χ2n) is 12.9. The van der Waals surface area contributed by atoms with Crippen LogP contribution in [0.15, 0.2) is 42.5 Å². The van der Waals surface area contributed by atoms with Crippen LogP contribution in [0.4, 0.5) is 0 Å². The van der Waals surface area contributed by atoms with Crippen LogP contribution in [-0.2, 0) is 44.5 Å². The minimum atomic E-state index is -2.72. The third-order valence-corrected chi connectivity index (χ3v) is 9.38. The molecule has 0 amide bonds. The number of hydrogen-bond acceptors (Lipinski definition) is 12. The normalized spacial score (nSPS) is 18.6. The summed E-state index contributed by atoms with van der Waals surface area (Å²) in [5.41, 5.74) is 1.47. The molecule has 0 radical (unpaired) electrons. The summed E-state index contributed by atoms with van der Waals surface area (Å²) in [4.78, 5) is 51.8. The molecule has 266 valence electrons. The summed E-state index contributed by atoms with van der Waals surface area (Å²) in [5, 5.41) is 14.4. The molecule has 1 aliphatic heterocycles. The summed E-state index contributed by atoms with van der Waals surface area (Å²) in [5.74, 6) is -6.67. The van der Waals surface area contributed by atoms with Crippen LogP contribution in [-0.4, -0.2) is 60.9 Å². The summed E-state index contributed by atoms with van der Waals surface area (Å²) in [6.07, 6.45) is 8.30. The van der Waals surface area contributed by atoms with E-state index in [1.807, 2.05) is 6.92 Å². The fourth-order valence-electron chi connectivity index (χ4n) is 6.38. The van der Waals surface area contributed by atoms with Crippen molar-refractivity contribution in [1.29, 1.82) is 0 Å². The number of aliphatic hydroxyl groups is 1. The van der Waals surface area contributed by atoms with Crippen LogP contribution >= 0.6 is 11.6 Å². The highest BCUT2D eigenvalue weighted by Crippen LogP contribution is 2.41. The van der Waals surface area contributed by atoms with Crippen LogP contribution in [0, 0.1) is 11.8 Å². The van der Waals surface area contributed by atoms with Gasteiger partial charge >= 0.3 is 29.7 Å². The molecule has 1 heterocycles. The fourth-order valence-corrected chi connectivity index (χ4v) is 6.58. The number of ether oxygens (including phenoxy) is 6. The van der Waals surface area contributed by atoms with Gasteiger partial charge in [-0.3, -0.25) is 9.59 Å². The van der Waals surface area contributed by atoms with E-state index < -0.39 is 49.4 Å². The van der Waals surface area contributed by atoms with Crippen LogP contribution in [0.2, 0.25) is 5.02 Å². The van der Waals surface area contributed by atoms with Gasteiger partial charge in [0.2, 0.25) is 13.6 Å². The number of halogens is 1. The number of rotatable bonds is 14. The Kier molecular flexibility index (Phi) is 12.8. The number of nitrogens with one attached hydrogen (secondary N) is 1. The summed E-state index contributed by atoms with van der Waals surface area (Å²) < 4.78 is 32.3. The molecule has 5 rings (SSSR count). The molecule has 2 atom stereocenters. The van der Waals surface area contributed by atoms with E-state index in [9.17, 15) is 24.3 Å². The molecule has 13 heteroatoms. The van der Waals surface area contributed by atoms with Crippen LogP contribution < -0.4 is 14.8 Å². The van der Waals surface area contributed by atoms with Gasteiger partial charge in [-0.15, -0.1) is 0 Å². The molecule has 0 saturated heterocycles. The van der Waals surface area contributed by atoms with E-state index in [1.165, 1.54) is 0 Å². The Hall–Kier alpha value is -3.87. The highest BCUT2D eigenvalue weighted by atomic mass is 35.5. The fraction of sp³-hybridized carbons (Fsp3) is 0.556. The summed E-state index contributed by atoms with van der Waals surface area (Å²) in [7, 11) is 0. The molecule has 2 N–H and O–H groups in total. The van der Waals surface area contributed by atoms with Gasteiger partial charge in [0.15, 0.2) is 11.5 Å². The van der Waals surface area contributed by atoms with Gasteiger partial charge in [-0.05, 0) is 74.4 Å². The molecule has 2 aromatic rings. The molecule has 2 saturated carbocycles. The smallest absolute Gasteiger partial charge is 0.431 e. The summed E-state index contributed by atoms with van der Waals surface area (Å²) >= 11 is 6.05. The predicted molar refractivity (Wildman–Crippen MR) is 175 cm³/mol. The molecule has 2 aliphatic carbocycles. The van der Waals surface area contributed by atoms with Crippen LogP contribution in [0.3, 0.4) is 0 Å². The Labute approximate surface area is 290 Å². The molecule has 49 heavy (non-hydrogen) atoms. The van der Waals surface area contributed by atoms with Crippen molar-refractivity contribution in [1.82, 2.24) is 5.32 Å². The van der Waals surface area contributed by atoms with Crippen molar-refractivity contribution in [3.63, 3.8) is 0 Å². The zero-order chi connectivity index (χ0) is 34.8. The van der Waals surface area contributed by atoms with Crippen LogP contribution in [0.1, 0.15) is 88.4 Å². The van der Waals surface area contributed by atoms with Gasteiger partial charge in [-0.1, -0.05) is 68.3 Å². The first-order valence-electron chi connectivity index (χ1n) is 17.0. The molecule has 0 unspecified atom stereocenters. The Morgan fingerprint density at radius 3 is 1.96 bits per heavy atom. The maximum absolute atomic E-state index is 13.4. The van der Waals surface area contributed by atoms with Gasteiger partial charge in [0.25, 0.3) is 0 Å². The first-order chi connectivity index (χ1) is 23.6. The first kappa shape index (κ1) is 36.4. The lowest BCUT2D eigenvalue weighted by Gasteiger charge is -2.24. The van der Waals surface area contributed by atoms with Gasteiger partial charge in [-0.2, -0.15) is 0 Å². The SMILES string of the molecule is C[C@H](Cc1ccc2c(c1)OC(C(=O)OCOC(=O)C1CCCCC1)(C(=O)OCOC(=O)C1CCCCC1)O2)NC[C@H](O)c1cccc(Cl)c1. The Balaban J connectivity index is 1.21. The highest BCUT2D eigenvalue weighted by Gasteiger charge is 2.60. The van der Waals surface area contributed by atoms with E-state index >= 15 is 0 Å². The Morgan fingerprint density at radius 2 is 1.39 bits per heavy atom. The number of aliphatic hydroxyl groups excluding tert-OH is 1. The second kappa shape index (κ2) is 17.2. The third kappa shape index (κ3) is 9.64. The molecule has 3 aliphatic rings. The standard InChI is InChI=1S/C36H44ClNO11/c1-23(38-20-29(39)27-13-8-14-28(37)19-27)17-24-15-16-30-31(18-24)49-36(48-30,34(42)46-21-44-32(40)25-9-4-2-5-10-25)35(43)47-22-45-33(41)26-11-6-3-7-12-26/h8,13-16,18-19,23,25-26,29,38-39H,2-7,9-12,17,20-22H2,1H3/t23-,29+/m1/s1. The number of benzene rings is 2. The van der Waals surface area contributed by atoms with Gasteiger partial charge < -0.3 is 38.8 Å². The lowest BCUT2D eigenvalue weighted by Crippen LogP contribution is -2.56. The van der Waals surface area contributed by atoms with E-state index in [0.29, 0.717) is 42.7 Å². The molecule has 0 bridgehead atoms. The Bertz CT molecular complexity index is 1420. The first-order valence-corrected chi connectivity index (χ1v) is 17.4. The lowest BCUT2D eigenvalue weighted by molar-refractivity contribution is -0.214. The zero-order valence-corrected chi connectivity index (χ0v) is 28.4. The molecule has 0 spiro atoms. The van der Waals surface area contributed by atoms with Crippen molar-refractivity contribution < 1.29 is 52.7 Å². The number of esters is 4. The lowest BCUT2D eigenvalue weighted by atomic mass is 9.89. The van der Waals surface area contributed by atoms with E-state index in [4.69, 9.17) is 40.0 Å². The average Bonchev–Trinajstić information content (AvgIpc) is 3.51. The highest BCUT2D eigenvalue weighted by molar-refractivity contribution is 6.30. The maximum Gasteiger partial charge on any atom is 0.453 e. The zero-order valence-electron chi connectivity index (χ0n) is 27.7. The van der Waals surface area contributed by atoms with Crippen molar-refractivity contribution in [2.75, 3.05) is 20.1 Å². The molecule has 2 fully saturated rings. The number of fused-ring (bicyclic) bond motifs is 1. The van der Waals surface area contributed by atoms with Crippen molar-refractivity contribution in [2.24, 2.45) is 11.8 Å². The topological polar surface area (TPSA) is 156 Å². The van der Waals surface area contributed by atoms with E-state index in [0.717, 1.165) is 44.1 Å². The van der Waals surface area contributed by atoms with Crippen LogP contribution in [0.5, 0.6) is 11.5 Å². The van der Waals surface area contributed by atoms with E-state index in [-0.39, 0.29) is 35.9 Å². The molecule has 0 aromatic heterocycles. The quantitative estimate of drug-likeness (QED) is 0.149. The molecular weight excluding hydrogens is 658 g/mol. The number of carbonyl (C=O) groups is 4. The van der Waals surface area contributed by atoms with Gasteiger partial charge in [-0.25, -0.2) is 9.59 Å². The second-order valence-corrected chi connectivity index (χ2v) is 13.3. The van der Waals surface area contributed by atoms with Crippen LogP contribution in [0.25, 0.3) is 0 Å². The van der Waals surface area contributed by atoms with E-state index in [2.05, 4.69) is 5.32 Å². The van der Waals surface area contributed by atoms with Crippen molar-refractivity contribution in [3.05, 3.63) is 58.6 Å². The Morgan fingerprint density at radius 1 is 0.816 bits per heavy atom. The largest absolute Gasteiger partial charge is 0.453 e. The van der Waals surface area contributed by atoms with Gasteiger partial charge in [0.1, 0.15) is 0 Å². The number of carbonyl (C=O) groups excluding carboxylic acids is 4. The third-order valence-electron chi connectivity index (χ3n) is 9.15. The van der Waals surface area contributed by atoms with Crippen molar-refractivity contribution in [2.45, 2.75) is 95.5 Å². The monoisotopic (exact) mass is 701 g/mol. The van der Waals surface area contributed by atoms with Crippen molar-refractivity contribution >= 4 is 35.5 Å². The minimum absolute atomic E-state index is 0.0769. The minimum Gasteiger partial charge on any atom is -0.431 e. The maximum atomic E-state index is 13.4. The molecular formula is C36H44ClNO11. The molecule has 2 aromatic carbocycles.